The first kappa shape index (κ1) is 14.8. The van der Waals surface area contributed by atoms with Crippen molar-refractivity contribution in [3.63, 3.8) is 0 Å². The molecule has 3 N–H and O–H groups in total. The van der Waals surface area contributed by atoms with Crippen molar-refractivity contribution >= 4 is 11.9 Å². The molecule has 0 aliphatic carbocycles. The summed E-state index contributed by atoms with van der Waals surface area (Å²) in [6.45, 7) is 1.10. The molecule has 3 heterocycles. The molecular weight excluding hydrogens is 272 g/mol. The maximum atomic E-state index is 12.9. The second kappa shape index (κ2) is 5.57. The van der Waals surface area contributed by atoms with Gasteiger partial charge in [0.25, 0.3) is 0 Å². The molecule has 0 spiro atoms. The molecule has 0 saturated carbocycles. The summed E-state index contributed by atoms with van der Waals surface area (Å²) in [7, 11) is 0. The number of piperidine rings is 1. The van der Waals surface area contributed by atoms with Gasteiger partial charge in [0.05, 0.1) is 5.54 Å². The number of hydrogen-bond donors (Lipinski definition) is 2. The van der Waals surface area contributed by atoms with Gasteiger partial charge in [-0.1, -0.05) is 0 Å². The molecule has 1 amide bonds. The third-order valence-corrected chi connectivity index (χ3v) is 5.34. The van der Waals surface area contributed by atoms with Crippen molar-refractivity contribution in [2.75, 3.05) is 13.2 Å². The first-order valence-electron chi connectivity index (χ1n) is 7.91. The van der Waals surface area contributed by atoms with Crippen LogP contribution in [0.1, 0.15) is 44.9 Å². The average Bonchev–Trinajstić information content (AvgIpc) is 2.69. The number of amides is 1. The van der Waals surface area contributed by atoms with E-state index in [1.165, 1.54) is 0 Å². The molecule has 21 heavy (non-hydrogen) atoms. The maximum absolute atomic E-state index is 12.9. The van der Waals surface area contributed by atoms with Crippen LogP contribution in [-0.2, 0) is 14.3 Å². The minimum Gasteiger partial charge on any atom is -0.481 e. The lowest BCUT2D eigenvalue weighted by atomic mass is 9.84. The quantitative estimate of drug-likeness (QED) is 0.801. The molecule has 3 saturated heterocycles. The van der Waals surface area contributed by atoms with Crippen molar-refractivity contribution in [2.24, 2.45) is 11.7 Å². The standard InChI is InChI=1S/C15H24N2O4/c16-15(3-5-21-6-4-15)14(20)17-11-1-2-12(17)8-10(7-11)9-13(18)19/h10-12H,1-9,16H2,(H,18,19). The summed E-state index contributed by atoms with van der Waals surface area (Å²) in [6.07, 6.45) is 4.97. The van der Waals surface area contributed by atoms with Gasteiger partial charge in [-0.25, -0.2) is 0 Å². The van der Waals surface area contributed by atoms with Crippen LogP contribution in [0.2, 0.25) is 0 Å². The van der Waals surface area contributed by atoms with Crippen molar-refractivity contribution in [3.8, 4) is 0 Å². The highest BCUT2D eigenvalue weighted by molar-refractivity contribution is 5.87. The predicted octanol–water partition coefficient (Wildman–Crippen LogP) is 0.739. The fraction of sp³-hybridized carbons (Fsp3) is 0.867. The van der Waals surface area contributed by atoms with Crippen LogP contribution in [0.5, 0.6) is 0 Å². The highest BCUT2D eigenvalue weighted by atomic mass is 16.5. The van der Waals surface area contributed by atoms with E-state index in [1.54, 1.807) is 0 Å². The minimum atomic E-state index is -0.779. The van der Waals surface area contributed by atoms with Crippen molar-refractivity contribution < 1.29 is 19.4 Å². The summed E-state index contributed by atoms with van der Waals surface area (Å²) in [5.41, 5.74) is 5.56. The molecule has 2 atom stereocenters. The van der Waals surface area contributed by atoms with Crippen LogP contribution in [0.3, 0.4) is 0 Å². The number of carboxylic acids is 1. The second-order valence-corrected chi connectivity index (χ2v) is 6.80. The first-order valence-corrected chi connectivity index (χ1v) is 7.91. The molecule has 2 unspecified atom stereocenters. The number of rotatable bonds is 3. The Balaban J connectivity index is 1.70. The van der Waals surface area contributed by atoms with Gasteiger partial charge in [0.15, 0.2) is 0 Å². The van der Waals surface area contributed by atoms with Gasteiger partial charge in [-0.2, -0.15) is 0 Å². The maximum Gasteiger partial charge on any atom is 0.303 e. The summed E-state index contributed by atoms with van der Waals surface area (Å²) in [5, 5.41) is 8.96. The monoisotopic (exact) mass is 296 g/mol. The fourth-order valence-corrected chi connectivity index (χ4v) is 4.24. The zero-order valence-electron chi connectivity index (χ0n) is 12.3. The van der Waals surface area contributed by atoms with Gasteiger partial charge in [0.1, 0.15) is 0 Å². The Morgan fingerprint density at radius 1 is 1.19 bits per heavy atom. The molecule has 6 heteroatoms. The Morgan fingerprint density at radius 2 is 1.76 bits per heavy atom. The van der Waals surface area contributed by atoms with Crippen molar-refractivity contribution in [1.82, 2.24) is 4.90 Å². The fourth-order valence-electron chi connectivity index (χ4n) is 4.24. The highest BCUT2D eigenvalue weighted by Crippen LogP contribution is 2.41. The molecule has 3 rings (SSSR count). The van der Waals surface area contributed by atoms with Crippen molar-refractivity contribution in [3.05, 3.63) is 0 Å². The average molecular weight is 296 g/mol. The third-order valence-electron chi connectivity index (χ3n) is 5.34. The van der Waals surface area contributed by atoms with E-state index in [9.17, 15) is 9.59 Å². The molecule has 3 aliphatic heterocycles. The van der Waals surface area contributed by atoms with Gasteiger partial charge in [0, 0.05) is 31.7 Å². The van der Waals surface area contributed by atoms with Crippen LogP contribution >= 0.6 is 0 Å². The lowest BCUT2D eigenvalue weighted by molar-refractivity contribution is -0.146. The zero-order valence-corrected chi connectivity index (χ0v) is 12.3. The molecule has 3 fully saturated rings. The summed E-state index contributed by atoms with van der Waals surface area (Å²) in [6, 6.07) is 0.368. The van der Waals surface area contributed by atoms with E-state index in [1.807, 2.05) is 4.90 Å². The second-order valence-electron chi connectivity index (χ2n) is 6.80. The van der Waals surface area contributed by atoms with Gasteiger partial charge < -0.3 is 20.5 Å². The van der Waals surface area contributed by atoms with E-state index in [4.69, 9.17) is 15.6 Å². The number of hydrogen-bond acceptors (Lipinski definition) is 4. The summed E-state index contributed by atoms with van der Waals surface area (Å²) in [4.78, 5) is 25.8. The van der Waals surface area contributed by atoms with Gasteiger partial charge in [0.2, 0.25) is 5.91 Å². The SMILES string of the molecule is NC1(C(=O)N2C3CCC2CC(CC(=O)O)C3)CCOCC1. The Hall–Kier alpha value is -1.14. The lowest BCUT2D eigenvalue weighted by Crippen LogP contribution is -2.61. The van der Waals surface area contributed by atoms with Crippen LogP contribution in [0.25, 0.3) is 0 Å². The summed E-state index contributed by atoms with van der Waals surface area (Å²) in [5.74, 6) is -0.474. The number of carboxylic acid groups (broad SMARTS) is 1. The normalized spacial score (nSPS) is 34.7. The lowest BCUT2D eigenvalue weighted by Gasteiger charge is -2.44. The van der Waals surface area contributed by atoms with E-state index < -0.39 is 11.5 Å². The number of ether oxygens (including phenoxy) is 1. The Bertz CT molecular complexity index is 419. The predicted molar refractivity (Wildman–Crippen MR) is 75.6 cm³/mol. The number of carbonyl (C=O) groups is 2. The van der Waals surface area contributed by atoms with Gasteiger partial charge in [-0.05, 0) is 44.4 Å². The first-order chi connectivity index (χ1) is 9.99. The van der Waals surface area contributed by atoms with Crippen LogP contribution < -0.4 is 5.73 Å². The molecule has 0 aromatic carbocycles. The van der Waals surface area contributed by atoms with Gasteiger partial charge in [-0.3, -0.25) is 9.59 Å². The van der Waals surface area contributed by atoms with Crippen LogP contribution in [0.15, 0.2) is 0 Å². The zero-order chi connectivity index (χ0) is 15.0. The molecule has 118 valence electrons. The molecular formula is C15H24N2O4. The van der Waals surface area contributed by atoms with Gasteiger partial charge in [-0.15, -0.1) is 0 Å². The Labute approximate surface area is 124 Å². The molecule has 6 nitrogen and oxygen atoms in total. The largest absolute Gasteiger partial charge is 0.481 e. The number of nitrogens with zero attached hydrogens (tertiary/aromatic N) is 1. The molecule has 2 bridgehead atoms. The Kier molecular flexibility index (Phi) is 3.92. The number of fused-ring (bicyclic) bond motifs is 2. The van der Waals surface area contributed by atoms with E-state index in [2.05, 4.69) is 0 Å². The number of nitrogens with two attached hydrogens (primary N) is 1. The topological polar surface area (TPSA) is 92.9 Å². The van der Waals surface area contributed by atoms with Gasteiger partial charge >= 0.3 is 5.97 Å². The summed E-state index contributed by atoms with van der Waals surface area (Å²) < 4.78 is 5.32. The van der Waals surface area contributed by atoms with Crippen molar-refractivity contribution in [2.45, 2.75) is 62.6 Å². The third kappa shape index (κ3) is 2.79. The van der Waals surface area contributed by atoms with Crippen LogP contribution in [0.4, 0.5) is 0 Å². The van der Waals surface area contributed by atoms with E-state index >= 15 is 0 Å². The van der Waals surface area contributed by atoms with E-state index in [-0.39, 0.29) is 30.3 Å². The number of aliphatic carboxylic acids is 1. The van der Waals surface area contributed by atoms with Crippen LogP contribution in [0, 0.1) is 5.92 Å². The molecule has 0 aromatic heterocycles. The smallest absolute Gasteiger partial charge is 0.303 e. The molecule has 0 aromatic rings. The van der Waals surface area contributed by atoms with E-state index in [0.717, 1.165) is 25.7 Å². The van der Waals surface area contributed by atoms with Crippen molar-refractivity contribution in [1.29, 1.82) is 0 Å². The summed E-state index contributed by atoms with van der Waals surface area (Å²) >= 11 is 0. The molecule has 3 aliphatic rings. The Morgan fingerprint density at radius 3 is 2.29 bits per heavy atom. The molecule has 0 radical (unpaired) electrons. The van der Waals surface area contributed by atoms with E-state index in [0.29, 0.717) is 26.1 Å². The minimum absolute atomic E-state index is 0.0621. The number of carbonyl (C=O) groups excluding carboxylic acids is 1. The van der Waals surface area contributed by atoms with Crippen LogP contribution in [-0.4, -0.2) is 52.7 Å². The highest BCUT2D eigenvalue weighted by Gasteiger charge is 2.49.